The average Bonchev–Trinajstić information content (AvgIpc) is 2.79. The maximum absolute atomic E-state index is 12.9. The number of aliphatic hydroxyl groups is 1. The molecule has 1 aromatic carbocycles. The predicted octanol–water partition coefficient (Wildman–Crippen LogP) is 1.90. The molecule has 5 N–H and O–H groups in total. The molecule has 0 saturated heterocycles. The molecule has 1 aliphatic carbocycles. The quantitative estimate of drug-likeness (QED) is 0.310. The van der Waals surface area contributed by atoms with Crippen molar-refractivity contribution in [3.63, 3.8) is 0 Å². The Morgan fingerprint density at radius 1 is 1.18 bits per heavy atom. The van der Waals surface area contributed by atoms with E-state index < -0.39 is 6.04 Å². The molecule has 9 nitrogen and oxygen atoms in total. The number of amides is 2. The minimum Gasteiger partial charge on any atom is -0.493 e. The largest absolute Gasteiger partial charge is 0.493 e. The third-order valence-electron chi connectivity index (χ3n) is 6.04. The lowest BCUT2D eigenvalue weighted by Crippen LogP contribution is -2.45. The first-order chi connectivity index (χ1) is 15.7. The van der Waals surface area contributed by atoms with E-state index >= 15 is 0 Å². The Bertz CT molecular complexity index is 821. The third-order valence-corrected chi connectivity index (χ3v) is 6.04. The van der Waals surface area contributed by atoms with E-state index in [9.17, 15) is 14.7 Å². The molecule has 33 heavy (non-hydrogen) atoms. The van der Waals surface area contributed by atoms with Crippen LogP contribution in [-0.2, 0) is 16.0 Å². The molecule has 0 aliphatic heterocycles. The van der Waals surface area contributed by atoms with E-state index in [-0.39, 0.29) is 42.3 Å². The van der Waals surface area contributed by atoms with Gasteiger partial charge in [0.2, 0.25) is 11.8 Å². The van der Waals surface area contributed by atoms with Crippen molar-refractivity contribution in [3.05, 3.63) is 23.8 Å². The molecule has 0 spiro atoms. The smallest absolute Gasteiger partial charge is 0.245 e. The maximum Gasteiger partial charge on any atom is 0.245 e. The van der Waals surface area contributed by atoms with Crippen molar-refractivity contribution in [3.8, 4) is 11.5 Å². The van der Waals surface area contributed by atoms with Crippen LogP contribution < -0.4 is 25.8 Å². The van der Waals surface area contributed by atoms with Crippen molar-refractivity contribution in [2.24, 2.45) is 16.6 Å². The third kappa shape index (κ3) is 8.57. The summed E-state index contributed by atoms with van der Waals surface area (Å²) in [5.74, 6) is 0.760. The molecule has 1 aromatic rings. The number of nitrogens with one attached hydrogen (secondary N) is 2. The van der Waals surface area contributed by atoms with Crippen molar-refractivity contribution in [1.82, 2.24) is 10.6 Å². The number of nitrogens with zero attached hydrogens (tertiary/aromatic N) is 1. The Hall–Kier alpha value is -2.81. The van der Waals surface area contributed by atoms with Crippen LogP contribution in [0.1, 0.15) is 57.9 Å². The molecule has 1 saturated carbocycles. The number of aliphatic imine (C=N–C) groups is 1. The summed E-state index contributed by atoms with van der Waals surface area (Å²) in [6.07, 6.45) is 4.06. The van der Waals surface area contributed by atoms with Crippen LogP contribution in [0.3, 0.4) is 0 Å². The highest BCUT2D eigenvalue weighted by molar-refractivity contribution is 5.98. The zero-order valence-corrected chi connectivity index (χ0v) is 20.1. The second-order valence-electron chi connectivity index (χ2n) is 8.71. The van der Waals surface area contributed by atoms with Crippen LogP contribution in [0.5, 0.6) is 11.5 Å². The number of hydrogen-bond donors (Lipinski definition) is 4. The highest BCUT2D eigenvalue weighted by Gasteiger charge is 2.26. The molecular weight excluding hydrogens is 424 g/mol. The van der Waals surface area contributed by atoms with Gasteiger partial charge in [0.15, 0.2) is 17.5 Å². The van der Waals surface area contributed by atoms with Gasteiger partial charge >= 0.3 is 0 Å². The number of benzene rings is 1. The van der Waals surface area contributed by atoms with Gasteiger partial charge in [0, 0.05) is 6.04 Å². The molecule has 1 fully saturated rings. The topological polar surface area (TPSA) is 135 Å². The number of carbonyl (C=O) groups excluding carboxylic acids is 2. The molecular formula is C24H38N4O5. The molecule has 2 amide bonds. The molecule has 1 aliphatic rings. The van der Waals surface area contributed by atoms with Crippen molar-refractivity contribution < 1.29 is 24.2 Å². The lowest BCUT2D eigenvalue weighted by Gasteiger charge is -2.27. The van der Waals surface area contributed by atoms with E-state index in [0.29, 0.717) is 30.8 Å². The van der Waals surface area contributed by atoms with Gasteiger partial charge in [-0.3, -0.25) is 14.9 Å². The number of rotatable bonds is 10. The van der Waals surface area contributed by atoms with Crippen molar-refractivity contribution in [1.29, 1.82) is 0 Å². The first-order valence-corrected chi connectivity index (χ1v) is 11.6. The fourth-order valence-corrected chi connectivity index (χ4v) is 3.85. The predicted molar refractivity (Wildman–Crippen MR) is 127 cm³/mol. The fraction of sp³-hybridized carbons (Fsp3) is 0.625. The van der Waals surface area contributed by atoms with Crippen molar-refractivity contribution in [2.45, 2.75) is 77.0 Å². The summed E-state index contributed by atoms with van der Waals surface area (Å²) in [6.45, 7) is 4.11. The van der Waals surface area contributed by atoms with Gasteiger partial charge in [-0.25, -0.2) is 4.99 Å². The van der Waals surface area contributed by atoms with Gasteiger partial charge in [0.05, 0.1) is 26.7 Å². The van der Waals surface area contributed by atoms with Gasteiger partial charge in [-0.1, -0.05) is 26.3 Å². The summed E-state index contributed by atoms with van der Waals surface area (Å²) in [5.41, 5.74) is 6.73. The first kappa shape index (κ1) is 26.4. The molecule has 0 aromatic heterocycles. The lowest BCUT2D eigenvalue weighted by molar-refractivity contribution is -0.124. The second-order valence-corrected chi connectivity index (χ2v) is 8.71. The molecule has 9 heteroatoms. The monoisotopic (exact) mass is 462 g/mol. The van der Waals surface area contributed by atoms with Crippen LogP contribution >= 0.6 is 0 Å². The number of aliphatic hydroxyl groups excluding tert-OH is 1. The molecule has 2 rings (SSSR count). The van der Waals surface area contributed by atoms with Crippen molar-refractivity contribution in [2.75, 3.05) is 14.2 Å². The minimum atomic E-state index is -0.687. The van der Waals surface area contributed by atoms with Crippen LogP contribution in [0.4, 0.5) is 0 Å². The van der Waals surface area contributed by atoms with E-state index in [2.05, 4.69) is 29.5 Å². The molecule has 2 unspecified atom stereocenters. The summed E-state index contributed by atoms with van der Waals surface area (Å²) in [7, 11) is 3.08. The van der Waals surface area contributed by atoms with E-state index in [1.54, 1.807) is 25.3 Å². The summed E-state index contributed by atoms with van der Waals surface area (Å²) < 4.78 is 10.5. The van der Waals surface area contributed by atoms with Crippen LogP contribution in [0, 0.1) is 5.92 Å². The molecule has 0 heterocycles. The standard InChI is InChI=1S/C24H38N4O5/c1-5-15(2)12-19(23(31)26-17-7-9-18(29)10-8-17)27-24(25)28-22(30)14-16-6-11-20(32-3)21(13-16)33-4/h6,11,13,15,17-19,29H,5,7-10,12,14H2,1-4H3,(H,26,31)(H3,25,27,28,30). The van der Waals surface area contributed by atoms with E-state index in [1.165, 1.54) is 7.11 Å². The van der Waals surface area contributed by atoms with Crippen LogP contribution in [0.15, 0.2) is 23.2 Å². The number of guanidine groups is 1. The Morgan fingerprint density at radius 3 is 2.45 bits per heavy atom. The van der Waals surface area contributed by atoms with E-state index in [1.807, 2.05) is 0 Å². The van der Waals surface area contributed by atoms with E-state index in [4.69, 9.17) is 15.2 Å². The molecule has 184 valence electrons. The number of methoxy groups -OCH3 is 2. The number of nitrogens with two attached hydrogens (primary N) is 1. The number of ether oxygens (including phenoxy) is 2. The highest BCUT2D eigenvalue weighted by Crippen LogP contribution is 2.27. The lowest BCUT2D eigenvalue weighted by atomic mass is 9.92. The van der Waals surface area contributed by atoms with Crippen LogP contribution in [0.2, 0.25) is 0 Å². The van der Waals surface area contributed by atoms with Gasteiger partial charge in [-0.05, 0) is 55.7 Å². The molecule has 2 atom stereocenters. The molecule has 0 bridgehead atoms. The van der Waals surface area contributed by atoms with Crippen molar-refractivity contribution >= 4 is 17.8 Å². The van der Waals surface area contributed by atoms with Crippen LogP contribution in [0.25, 0.3) is 0 Å². The SMILES string of the molecule is CCC(C)CC(N=C(N)NC(=O)Cc1ccc(OC)c(OC)c1)C(=O)NC1CCC(O)CC1. The van der Waals surface area contributed by atoms with Gasteiger partial charge < -0.3 is 25.6 Å². The number of hydrogen-bond acceptors (Lipinski definition) is 6. The Labute approximate surface area is 196 Å². The van der Waals surface area contributed by atoms with Gasteiger partial charge in [-0.2, -0.15) is 0 Å². The summed E-state index contributed by atoms with van der Waals surface area (Å²) in [4.78, 5) is 29.7. The summed E-state index contributed by atoms with van der Waals surface area (Å²) >= 11 is 0. The highest BCUT2D eigenvalue weighted by atomic mass is 16.5. The summed E-state index contributed by atoms with van der Waals surface area (Å²) in [5, 5.41) is 15.3. The summed E-state index contributed by atoms with van der Waals surface area (Å²) in [6, 6.07) is 4.57. The molecule has 0 radical (unpaired) electrons. The van der Waals surface area contributed by atoms with E-state index in [0.717, 1.165) is 24.8 Å². The zero-order chi connectivity index (χ0) is 24.4. The fourth-order valence-electron chi connectivity index (χ4n) is 3.85. The Morgan fingerprint density at radius 2 is 1.85 bits per heavy atom. The van der Waals surface area contributed by atoms with Gasteiger partial charge in [0.25, 0.3) is 0 Å². The minimum absolute atomic E-state index is 0.0244. The Kier molecular flexibility index (Phi) is 10.4. The van der Waals surface area contributed by atoms with Crippen LogP contribution in [-0.4, -0.2) is 55.3 Å². The Balaban J connectivity index is 2.02. The second kappa shape index (κ2) is 13.0. The number of carbonyl (C=O) groups is 2. The average molecular weight is 463 g/mol. The van der Waals surface area contributed by atoms with Gasteiger partial charge in [0.1, 0.15) is 6.04 Å². The maximum atomic E-state index is 12.9. The normalized spacial score (nSPS) is 20.5. The van der Waals surface area contributed by atoms with Gasteiger partial charge in [-0.15, -0.1) is 0 Å². The zero-order valence-electron chi connectivity index (χ0n) is 20.1. The first-order valence-electron chi connectivity index (χ1n) is 11.6.